The summed E-state index contributed by atoms with van der Waals surface area (Å²) in [6.07, 6.45) is 0. The summed E-state index contributed by atoms with van der Waals surface area (Å²) < 4.78 is 38.0. The van der Waals surface area contributed by atoms with E-state index in [1.807, 2.05) is 0 Å². The molecule has 1 aromatic rings. The van der Waals surface area contributed by atoms with Crippen LogP contribution in [0.1, 0.15) is 6.92 Å². The minimum Gasteiger partial charge on any atom is -0.387 e. The lowest BCUT2D eigenvalue weighted by atomic mass is 10.3. The van der Waals surface area contributed by atoms with Crippen molar-refractivity contribution in [2.24, 2.45) is 10.7 Å². The van der Waals surface area contributed by atoms with Crippen LogP contribution in [-0.2, 0) is 0 Å². The Balaban J connectivity index is 3.29. The molecule has 2 nitrogen and oxygen atoms in total. The summed E-state index contributed by atoms with van der Waals surface area (Å²) >= 11 is 0. The number of hydrogen-bond acceptors (Lipinski definition) is 1. The van der Waals surface area contributed by atoms with E-state index < -0.39 is 23.1 Å². The maximum atomic E-state index is 12.8. The van der Waals surface area contributed by atoms with E-state index in [1.165, 1.54) is 6.92 Å². The highest BCUT2D eigenvalue weighted by Gasteiger charge is 2.09. The predicted octanol–water partition coefficient (Wildman–Crippen LogP) is 2.11. The maximum Gasteiger partial charge on any atom is 0.154 e. The summed E-state index contributed by atoms with van der Waals surface area (Å²) in [6, 6.07) is 1.09. The molecular weight excluding hydrogens is 181 g/mol. The lowest BCUT2D eigenvalue weighted by Crippen LogP contribution is -2.04. The summed E-state index contributed by atoms with van der Waals surface area (Å²) in [5.74, 6) is -3.11. The van der Waals surface area contributed by atoms with Gasteiger partial charge in [0.25, 0.3) is 0 Å². The summed E-state index contributed by atoms with van der Waals surface area (Å²) in [6.45, 7) is 1.38. The molecule has 2 N–H and O–H groups in total. The lowest BCUT2D eigenvalue weighted by Gasteiger charge is -1.99. The van der Waals surface area contributed by atoms with E-state index >= 15 is 0 Å². The topological polar surface area (TPSA) is 38.4 Å². The van der Waals surface area contributed by atoms with Crippen LogP contribution in [0.2, 0.25) is 0 Å². The number of rotatable bonds is 1. The highest BCUT2D eigenvalue weighted by Crippen LogP contribution is 2.22. The maximum absolute atomic E-state index is 12.8. The minimum absolute atomic E-state index is 0.00408. The van der Waals surface area contributed by atoms with Crippen molar-refractivity contribution < 1.29 is 13.2 Å². The number of halogens is 3. The van der Waals surface area contributed by atoms with Gasteiger partial charge in [0.1, 0.15) is 11.5 Å². The van der Waals surface area contributed by atoms with Crippen molar-refractivity contribution in [3.8, 4) is 0 Å². The zero-order chi connectivity index (χ0) is 10.0. The molecule has 1 aromatic carbocycles. The standard InChI is InChI=1S/C8H7F3N2/c1-4(12)13-8-6(10)2-5(9)3-7(8)11/h2-3H,1H3,(H2,12,13). The number of benzene rings is 1. The van der Waals surface area contributed by atoms with Crippen LogP contribution in [0.3, 0.4) is 0 Å². The van der Waals surface area contributed by atoms with Crippen LogP contribution in [0, 0.1) is 17.5 Å². The van der Waals surface area contributed by atoms with Gasteiger partial charge in [-0.15, -0.1) is 0 Å². The van der Waals surface area contributed by atoms with Crippen LogP contribution in [0.5, 0.6) is 0 Å². The van der Waals surface area contributed by atoms with Gasteiger partial charge in [0.15, 0.2) is 11.6 Å². The Hall–Kier alpha value is -1.52. The molecule has 0 aliphatic carbocycles. The molecule has 0 atom stereocenters. The molecule has 0 aliphatic rings. The summed E-state index contributed by atoms with van der Waals surface area (Å²) in [4.78, 5) is 3.38. The van der Waals surface area contributed by atoms with Crippen LogP contribution in [-0.4, -0.2) is 5.84 Å². The molecule has 0 amide bonds. The Morgan fingerprint density at radius 2 is 1.69 bits per heavy atom. The molecule has 0 aromatic heterocycles. The van der Waals surface area contributed by atoms with E-state index in [2.05, 4.69) is 4.99 Å². The quantitative estimate of drug-likeness (QED) is 0.532. The average Bonchev–Trinajstić information content (AvgIpc) is 1.96. The number of nitrogens with zero attached hydrogens (tertiary/aromatic N) is 1. The van der Waals surface area contributed by atoms with Gasteiger partial charge in [-0.2, -0.15) is 0 Å². The predicted molar refractivity (Wildman–Crippen MR) is 43.3 cm³/mol. The fraction of sp³-hybridized carbons (Fsp3) is 0.125. The van der Waals surface area contributed by atoms with Crippen LogP contribution < -0.4 is 5.73 Å². The summed E-state index contributed by atoms with van der Waals surface area (Å²) in [7, 11) is 0. The SMILES string of the molecule is CC(N)=Nc1c(F)cc(F)cc1F. The molecule has 0 saturated carbocycles. The first-order chi connectivity index (χ1) is 6.00. The van der Waals surface area contributed by atoms with E-state index in [0.717, 1.165) is 0 Å². The highest BCUT2D eigenvalue weighted by atomic mass is 19.1. The average molecular weight is 188 g/mol. The first-order valence-electron chi connectivity index (χ1n) is 3.46. The van der Waals surface area contributed by atoms with Crippen molar-refractivity contribution in [3.63, 3.8) is 0 Å². The second-order valence-electron chi connectivity index (χ2n) is 2.47. The van der Waals surface area contributed by atoms with E-state index in [1.54, 1.807) is 0 Å². The third-order valence-electron chi connectivity index (χ3n) is 1.27. The Morgan fingerprint density at radius 3 is 2.08 bits per heavy atom. The van der Waals surface area contributed by atoms with Gasteiger partial charge in [-0.25, -0.2) is 18.2 Å². The highest BCUT2D eigenvalue weighted by molar-refractivity contribution is 5.80. The molecule has 0 unspecified atom stereocenters. The third kappa shape index (κ3) is 2.21. The molecule has 0 radical (unpaired) electrons. The van der Waals surface area contributed by atoms with E-state index in [-0.39, 0.29) is 5.84 Å². The van der Waals surface area contributed by atoms with Crippen molar-refractivity contribution in [3.05, 3.63) is 29.6 Å². The number of hydrogen-bond donors (Lipinski definition) is 1. The van der Waals surface area contributed by atoms with E-state index in [9.17, 15) is 13.2 Å². The van der Waals surface area contributed by atoms with Gasteiger partial charge in [0, 0.05) is 12.1 Å². The molecular formula is C8H7F3N2. The van der Waals surface area contributed by atoms with E-state index in [0.29, 0.717) is 12.1 Å². The van der Waals surface area contributed by atoms with Crippen LogP contribution in [0.4, 0.5) is 18.9 Å². The monoisotopic (exact) mass is 188 g/mol. The van der Waals surface area contributed by atoms with E-state index in [4.69, 9.17) is 5.73 Å². The Kier molecular flexibility index (Phi) is 2.55. The zero-order valence-electron chi connectivity index (χ0n) is 6.81. The molecule has 0 fully saturated rings. The minimum atomic E-state index is -1.07. The summed E-state index contributed by atoms with van der Waals surface area (Å²) in [5.41, 5.74) is 4.56. The second kappa shape index (κ2) is 3.47. The van der Waals surface area contributed by atoms with Crippen LogP contribution in [0.25, 0.3) is 0 Å². The third-order valence-corrected chi connectivity index (χ3v) is 1.27. The molecule has 0 saturated heterocycles. The first-order valence-corrected chi connectivity index (χ1v) is 3.46. The molecule has 1 rings (SSSR count). The zero-order valence-corrected chi connectivity index (χ0v) is 6.81. The second-order valence-corrected chi connectivity index (χ2v) is 2.47. The smallest absolute Gasteiger partial charge is 0.154 e. The van der Waals surface area contributed by atoms with Crippen molar-refractivity contribution in [1.29, 1.82) is 0 Å². The van der Waals surface area contributed by atoms with Gasteiger partial charge in [-0.1, -0.05) is 0 Å². The molecule has 0 heterocycles. The number of aliphatic imine (C=N–C) groups is 1. The van der Waals surface area contributed by atoms with Gasteiger partial charge in [-0.05, 0) is 6.92 Å². The van der Waals surface area contributed by atoms with Crippen LogP contribution >= 0.6 is 0 Å². The molecule has 0 aliphatic heterocycles. The molecule has 70 valence electrons. The first kappa shape index (κ1) is 9.57. The van der Waals surface area contributed by atoms with Gasteiger partial charge in [0.2, 0.25) is 0 Å². The molecule has 13 heavy (non-hydrogen) atoms. The number of amidine groups is 1. The lowest BCUT2D eigenvalue weighted by molar-refractivity contribution is 0.546. The van der Waals surface area contributed by atoms with Crippen molar-refractivity contribution in [2.75, 3.05) is 0 Å². The fourth-order valence-corrected chi connectivity index (χ4v) is 0.818. The molecule has 0 bridgehead atoms. The Morgan fingerprint density at radius 1 is 1.23 bits per heavy atom. The van der Waals surface area contributed by atoms with Gasteiger partial charge in [-0.3, -0.25) is 0 Å². The Labute approximate surface area is 72.9 Å². The van der Waals surface area contributed by atoms with Crippen molar-refractivity contribution in [2.45, 2.75) is 6.92 Å². The van der Waals surface area contributed by atoms with Crippen LogP contribution in [0.15, 0.2) is 17.1 Å². The van der Waals surface area contributed by atoms with Crippen molar-refractivity contribution >= 4 is 11.5 Å². The molecule has 0 spiro atoms. The fourth-order valence-electron chi connectivity index (χ4n) is 0.818. The Bertz CT molecular complexity index is 333. The van der Waals surface area contributed by atoms with Gasteiger partial charge < -0.3 is 5.73 Å². The largest absolute Gasteiger partial charge is 0.387 e. The number of nitrogens with two attached hydrogens (primary N) is 1. The molecule has 5 heteroatoms. The summed E-state index contributed by atoms with van der Waals surface area (Å²) in [5, 5.41) is 0. The van der Waals surface area contributed by atoms with Gasteiger partial charge >= 0.3 is 0 Å². The van der Waals surface area contributed by atoms with Crippen molar-refractivity contribution in [1.82, 2.24) is 0 Å². The normalized spacial score (nSPS) is 11.8. The van der Waals surface area contributed by atoms with Gasteiger partial charge in [0.05, 0.1) is 5.84 Å².